The molecular formula is C10H17O3. The number of hydrogen-bond acceptors (Lipinski definition) is 3. The third kappa shape index (κ3) is 7.53. The van der Waals surface area contributed by atoms with Gasteiger partial charge in [0.15, 0.2) is 0 Å². The van der Waals surface area contributed by atoms with Crippen LogP contribution in [-0.2, 0) is 14.3 Å². The molecule has 0 bridgehead atoms. The molecule has 3 heteroatoms. The Bertz CT molecular complexity index is 164. The zero-order valence-electron chi connectivity index (χ0n) is 8.34. The van der Waals surface area contributed by atoms with Crippen molar-refractivity contribution in [3.8, 4) is 0 Å². The smallest absolute Gasteiger partial charge is 0.333 e. The summed E-state index contributed by atoms with van der Waals surface area (Å²) in [5.41, 5.74) is 0.439. The number of hydrogen-bond donors (Lipinski definition) is 0. The number of carbonyl (C=O) groups excluding carboxylic acids is 1. The maximum absolute atomic E-state index is 10.9. The van der Waals surface area contributed by atoms with Gasteiger partial charge in [-0.05, 0) is 26.7 Å². The summed E-state index contributed by atoms with van der Waals surface area (Å²) < 4.78 is 9.87. The van der Waals surface area contributed by atoms with Crippen molar-refractivity contribution >= 4 is 5.97 Å². The van der Waals surface area contributed by atoms with Gasteiger partial charge < -0.3 is 9.47 Å². The van der Waals surface area contributed by atoms with E-state index in [0.29, 0.717) is 18.8 Å². The molecule has 3 nitrogen and oxygen atoms in total. The molecule has 0 amide bonds. The van der Waals surface area contributed by atoms with E-state index in [4.69, 9.17) is 9.47 Å². The van der Waals surface area contributed by atoms with Gasteiger partial charge in [0, 0.05) is 12.2 Å². The SMILES string of the molecule is C=C(C)C(=O)OCCC[CH]OCC. The van der Waals surface area contributed by atoms with Crippen LogP contribution in [-0.4, -0.2) is 19.2 Å². The lowest BCUT2D eigenvalue weighted by atomic mass is 10.3. The van der Waals surface area contributed by atoms with Crippen LogP contribution >= 0.6 is 0 Å². The Kier molecular flexibility index (Phi) is 7.30. The quantitative estimate of drug-likeness (QED) is 0.346. The van der Waals surface area contributed by atoms with Gasteiger partial charge in [0.1, 0.15) is 0 Å². The monoisotopic (exact) mass is 185 g/mol. The molecule has 1 radical (unpaired) electrons. The first-order valence-electron chi connectivity index (χ1n) is 4.44. The zero-order chi connectivity index (χ0) is 10.1. The van der Waals surface area contributed by atoms with Crippen LogP contribution in [0.15, 0.2) is 12.2 Å². The van der Waals surface area contributed by atoms with Gasteiger partial charge in [-0.1, -0.05) is 6.58 Å². The fraction of sp³-hybridized carbons (Fsp3) is 0.600. The first-order valence-corrected chi connectivity index (χ1v) is 4.44. The molecule has 0 atom stereocenters. The van der Waals surface area contributed by atoms with Gasteiger partial charge in [-0.2, -0.15) is 0 Å². The summed E-state index contributed by atoms with van der Waals surface area (Å²) in [5.74, 6) is -0.323. The number of carbonyl (C=O) groups is 1. The van der Waals surface area contributed by atoms with E-state index in [1.54, 1.807) is 13.5 Å². The summed E-state index contributed by atoms with van der Waals surface area (Å²) in [6.45, 7) is 9.88. The molecule has 0 aliphatic carbocycles. The van der Waals surface area contributed by atoms with E-state index in [-0.39, 0.29) is 5.97 Å². The average molecular weight is 185 g/mol. The van der Waals surface area contributed by atoms with Crippen molar-refractivity contribution in [1.29, 1.82) is 0 Å². The number of esters is 1. The molecule has 0 N–H and O–H groups in total. The summed E-state index contributed by atoms with van der Waals surface area (Å²) in [6, 6.07) is 0. The molecule has 13 heavy (non-hydrogen) atoms. The number of rotatable bonds is 7. The second-order valence-electron chi connectivity index (χ2n) is 2.68. The maximum Gasteiger partial charge on any atom is 0.333 e. The molecule has 0 saturated carbocycles. The third-order valence-corrected chi connectivity index (χ3v) is 1.33. The molecule has 75 valence electrons. The molecule has 0 aliphatic heterocycles. The Balaban J connectivity index is 3.16. The molecule has 0 rings (SSSR count). The van der Waals surface area contributed by atoms with Crippen molar-refractivity contribution in [2.75, 3.05) is 13.2 Å². The molecule has 0 aromatic rings. The molecule has 0 aliphatic rings. The van der Waals surface area contributed by atoms with Gasteiger partial charge in [0.2, 0.25) is 0 Å². The highest BCUT2D eigenvalue weighted by Crippen LogP contribution is 1.98. The largest absolute Gasteiger partial charge is 0.462 e. The van der Waals surface area contributed by atoms with E-state index < -0.39 is 0 Å². The molecule has 0 saturated heterocycles. The van der Waals surface area contributed by atoms with Gasteiger partial charge in [-0.25, -0.2) is 4.79 Å². The Morgan fingerprint density at radius 3 is 2.77 bits per heavy atom. The molecule has 0 spiro atoms. The minimum Gasteiger partial charge on any atom is -0.462 e. The van der Waals surface area contributed by atoms with Crippen molar-refractivity contribution in [1.82, 2.24) is 0 Å². The average Bonchev–Trinajstić information content (AvgIpc) is 2.10. The normalized spacial score (nSPS) is 9.69. The highest BCUT2D eigenvalue weighted by Gasteiger charge is 2.01. The fourth-order valence-electron chi connectivity index (χ4n) is 0.656. The zero-order valence-corrected chi connectivity index (χ0v) is 8.34. The Morgan fingerprint density at radius 2 is 2.23 bits per heavy atom. The predicted molar refractivity (Wildman–Crippen MR) is 50.9 cm³/mol. The van der Waals surface area contributed by atoms with Crippen LogP contribution in [0.25, 0.3) is 0 Å². The van der Waals surface area contributed by atoms with Crippen LogP contribution in [0.3, 0.4) is 0 Å². The van der Waals surface area contributed by atoms with Gasteiger partial charge in [-0.3, -0.25) is 0 Å². The summed E-state index contributed by atoms with van der Waals surface area (Å²) in [4.78, 5) is 10.9. The first-order chi connectivity index (χ1) is 6.18. The minimum atomic E-state index is -0.323. The van der Waals surface area contributed by atoms with Crippen LogP contribution < -0.4 is 0 Å². The highest BCUT2D eigenvalue weighted by atomic mass is 16.5. The lowest BCUT2D eigenvalue weighted by molar-refractivity contribution is -0.139. The lowest BCUT2D eigenvalue weighted by Crippen LogP contribution is -2.06. The van der Waals surface area contributed by atoms with Crippen molar-refractivity contribution in [3.63, 3.8) is 0 Å². The standard InChI is InChI=1S/C10H17O3/c1-4-12-7-5-6-8-13-10(11)9(2)3/h7H,2,4-6,8H2,1,3H3. The van der Waals surface area contributed by atoms with Crippen LogP contribution in [0.2, 0.25) is 0 Å². The number of unbranched alkanes of at least 4 members (excludes halogenated alkanes) is 1. The van der Waals surface area contributed by atoms with Crippen LogP contribution in [0.5, 0.6) is 0 Å². The molecule has 0 aromatic heterocycles. The molecule has 0 aromatic carbocycles. The molecule has 0 fully saturated rings. The van der Waals surface area contributed by atoms with Crippen molar-refractivity contribution in [3.05, 3.63) is 18.8 Å². The molecular weight excluding hydrogens is 168 g/mol. The van der Waals surface area contributed by atoms with Gasteiger partial charge in [0.25, 0.3) is 0 Å². The summed E-state index contributed by atoms with van der Waals surface area (Å²) in [7, 11) is 0. The second kappa shape index (κ2) is 7.80. The van der Waals surface area contributed by atoms with E-state index >= 15 is 0 Å². The summed E-state index contributed by atoms with van der Waals surface area (Å²) in [5, 5.41) is 0. The van der Waals surface area contributed by atoms with Gasteiger partial charge in [-0.15, -0.1) is 0 Å². The first kappa shape index (κ1) is 12.2. The maximum atomic E-state index is 10.9. The minimum absolute atomic E-state index is 0.323. The van der Waals surface area contributed by atoms with Crippen molar-refractivity contribution in [2.45, 2.75) is 26.7 Å². The van der Waals surface area contributed by atoms with E-state index in [2.05, 4.69) is 6.58 Å². The molecule has 0 heterocycles. The Hall–Kier alpha value is -0.830. The van der Waals surface area contributed by atoms with Crippen molar-refractivity contribution in [2.24, 2.45) is 0 Å². The van der Waals surface area contributed by atoms with Gasteiger partial charge in [0.05, 0.1) is 13.2 Å². The second-order valence-corrected chi connectivity index (χ2v) is 2.68. The van der Waals surface area contributed by atoms with E-state index in [9.17, 15) is 4.79 Å². The molecule has 0 unspecified atom stereocenters. The fourth-order valence-corrected chi connectivity index (χ4v) is 0.656. The van der Waals surface area contributed by atoms with E-state index in [0.717, 1.165) is 12.8 Å². The van der Waals surface area contributed by atoms with Crippen molar-refractivity contribution < 1.29 is 14.3 Å². The van der Waals surface area contributed by atoms with Crippen LogP contribution in [0, 0.1) is 6.61 Å². The van der Waals surface area contributed by atoms with E-state index in [1.807, 2.05) is 6.92 Å². The predicted octanol–water partition coefficient (Wildman–Crippen LogP) is 2.08. The highest BCUT2D eigenvalue weighted by molar-refractivity contribution is 5.86. The van der Waals surface area contributed by atoms with Crippen LogP contribution in [0.4, 0.5) is 0 Å². The third-order valence-electron chi connectivity index (χ3n) is 1.33. The topological polar surface area (TPSA) is 35.5 Å². The van der Waals surface area contributed by atoms with E-state index in [1.165, 1.54) is 0 Å². The van der Waals surface area contributed by atoms with Crippen LogP contribution in [0.1, 0.15) is 26.7 Å². The Labute approximate surface area is 79.7 Å². The lowest BCUT2D eigenvalue weighted by Gasteiger charge is -2.03. The Morgan fingerprint density at radius 1 is 1.54 bits per heavy atom. The summed E-state index contributed by atoms with van der Waals surface area (Å²) >= 11 is 0. The number of ether oxygens (including phenoxy) is 2. The van der Waals surface area contributed by atoms with Gasteiger partial charge >= 0.3 is 5.97 Å². The summed E-state index contributed by atoms with van der Waals surface area (Å²) in [6.07, 6.45) is 1.59.